The number of carbonyl (C=O) groups excluding carboxylic acids is 1. The molecule has 0 atom stereocenters. The highest BCUT2D eigenvalue weighted by molar-refractivity contribution is 9.10. The highest BCUT2D eigenvalue weighted by Crippen LogP contribution is 2.21. The number of hydrogen-bond donors (Lipinski definition) is 0. The Morgan fingerprint density at radius 3 is 2.57 bits per heavy atom. The van der Waals surface area contributed by atoms with Gasteiger partial charge in [-0.15, -0.1) is 0 Å². The van der Waals surface area contributed by atoms with Crippen molar-refractivity contribution in [2.45, 2.75) is 13.2 Å². The van der Waals surface area contributed by atoms with Crippen molar-refractivity contribution in [2.24, 2.45) is 0 Å². The summed E-state index contributed by atoms with van der Waals surface area (Å²) in [7, 11) is 1.37. The van der Waals surface area contributed by atoms with Crippen LogP contribution in [0.25, 0.3) is 0 Å². The maximum absolute atomic E-state index is 11.4. The minimum atomic E-state index is -0.350. The molecule has 0 N–H and O–H groups in total. The maximum atomic E-state index is 11.4. The van der Waals surface area contributed by atoms with Gasteiger partial charge in [-0.05, 0) is 35.4 Å². The number of carbonyl (C=O) groups is 1. The lowest BCUT2D eigenvalue weighted by molar-refractivity contribution is 0.0600. The summed E-state index contributed by atoms with van der Waals surface area (Å²) in [5, 5.41) is 0. The molecule has 0 aliphatic carbocycles. The van der Waals surface area contributed by atoms with E-state index >= 15 is 0 Å². The SMILES string of the molecule is COC(=O)c1ccc(COCc2cccc(Br)c2)c(Br)c1. The summed E-state index contributed by atoms with van der Waals surface area (Å²) >= 11 is 6.88. The monoisotopic (exact) mass is 412 g/mol. The molecule has 0 unspecified atom stereocenters. The molecule has 0 amide bonds. The van der Waals surface area contributed by atoms with Gasteiger partial charge < -0.3 is 9.47 Å². The first-order chi connectivity index (χ1) is 10.1. The molecule has 110 valence electrons. The third-order valence-electron chi connectivity index (χ3n) is 2.89. The maximum Gasteiger partial charge on any atom is 0.337 e. The Morgan fingerprint density at radius 2 is 1.90 bits per heavy atom. The van der Waals surface area contributed by atoms with Crippen LogP contribution in [0.1, 0.15) is 21.5 Å². The van der Waals surface area contributed by atoms with E-state index in [0.29, 0.717) is 18.8 Å². The summed E-state index contributed by atoms with van der Waals surface area (Å²) in [6.07, 6.45) is 0. The van der Waals surface area contributed by atoms with Crippen LogP contribution in [0.2, 0.25) is 0 Å². The van der Waals surface area contributed by atoms with E-state index in [1.807, 2.05) is 30.3 Å². The summed E-state index contributed by atoms with van der Waals surface area (Å²) in [6, 6.07) is 13.3. The number of hydrogen-bond acceptors (Lipinski definition) is 3. The van der Waals surface area contributed by atoms with Gasteiger partial charge in [0.05, 0.1) is 25.9 Å². The van der Waals surface area contributed by atoms with Crippen LogP contribution in [0.4, 0.5) is 0 Å². The molecule has 0 fully saturated rings. The molecule has 3 nitrogen and oxygen atoms in total. The quantitative estimate of drug-likeness (QED) is 0.665. The zero-order valence-electron chi connectivity index (χ0n) is 11.4. The van der Waals surface area contributed by atoms with Gasteiger partial charge in [0, 0.05) is 8.95 Å². The van der Waals surface area contributed by atoms with Gasteiger partial charge in [-0.25, -0.2) is 4.79 Å². The van der Waals surface area contributed by atoms with Gasteiger partial charge in [-0.2, -0.15) is 0 Å². The van der Waals surface area contributed by atoms with Gasteiger partial charge in [0.1, 0.15) is 0 Å². The molecule has 0 spiro atoms. The standard InChI is InChI=1S/C16H14Br2O3/c1-20-16(19)12-5-6-13(15(18)8-12)10-21-9-11-3-2-4-14(17)7-11/h2-8H,9-10H2,1H3. The van der Waals surface area contributed by atoms with E-state index < -0.39 is 0 Å². The highest BCUT2D eigenvalue weighted by atomic mass is 79.9. The van der Waals surface area contributed by atoms with Gasteiger partial charge in [0.2, 0.25) is 0 Å². The fourth-order valence-corrected chi connectivity index (χ4v) is 2.75. The molecule has 0 saturated carbocycles. The molecule has 5 heteroatoms. The van der Waals surface area contributed by atoms with E-state index in [1.165, 1.54) is 7.11 Å². The zero-order chi connectivity index (χ0) is 15.2. The molecule has 0 saturated heterocycles. The fraction of sp³-hybridized carbons (Fsp3) is 0.188. The molecule has 0 aliphatic heterocycles. The van der Waals surface area contributed by atoms with Crippen molar-refractivity contribution >= 4 is 37.8 Å². The number of halogens is 2. The molecule has 2 aromatic carbocycles. The minimum Gasteiger partial charge on any atom is -0.465 e. The third kappa shape index (κ3) is 4.66. The first kappa shape index (κ1) is 16.2. The normalized spacial score (nSPS) is 10.4. The smallest absolute Gasteiger partial charge is 0.337 e. The molecule has 2 rings (SSSR count). The van der Waals surface area contributed by atoms with Crippen LogP contribution in [0.5, 0.6) is 0 Å². The average Bonchev–Trinajstić information content (AvgIpc) is 2.48. The molecule has 0 aromatic heterocycles. The van der Waals surface area contributed by atoms with Gasteiger partial charge >= 0.3 is 5.97 Å². The van der Waals surface area contributed by atoms with E-state index in [1.54, 1.807) is 12.1 Å². The van der Waals surface area contributed by atoms with Crippen molar-refractivity contribution in [3.8, 4) is 0 Å². The highest BCUT2D eigenvalue weighted by Gasteiger charge is 2.08. The topological polar surface area (TPSA) is 35.5 Å². The van der Waals surface area contributed by atoms with Crippen LogP contribution in [-0.4, -0.2) is 13.1 Å². The number of esters is 1. The van der Waals surface area contributed by atoms with Crippen LogP contribution in [-0.2, 0) is 22.7 Å². The average molecular weight is 414 g/mol. The van der Waals surface area contributed by atoms with Gasteiger partial charge in [-0.1, -0.05) is 50.1 Å². The number of methoxy groups -OCH3 is 1. The van der Waals surface area contributed by atoms with Crippen LogP contribution < -0.4 is 0 Å². The zero-order valence-corrected chi connectivity index (χ0v) is 14.6. The van der Waals surface area contributed by atoms with Crippen LogP contribution >= 0.6 is 31.9 Å². The van der Waals surface area contributed by atoms with Crippen molar-refractivity contribution in [2.75, 3.05) is 7.11 Å². The molecule has 0 bridgehead atoms. The van der Waals surface area contributed by atoms with Crippen LogP contribution in [0.3, 0.4) is 0 Å². The molecular formula is C16H14Br2O3. The predicted molar refractivity (Wildman–Crippen MR) is 88.1 cm³/mol. The van der Waals surface area contributed by atoms with E-state index in [0.717, 1.165) is 20.1 Å². The molecular weight excluding hydrogens is 400 g/mol. The second-order valence-electron chi connectivity index (χ2n) is 4.42. The Balaban J connectivity index is 1.96. The Hall–Kier alpha value is -1.17. The van der Waals surface area contributed by atoms with Gasteiger partial charge in [-0.3, -0.25) is 0 Å². The lowest BCUT2D eigenvalue weighted by atomic mass is 10.1. The Bertz CT molecular complexity index is 641. The van der Waals surface area contributed by atoms with Crippen LogP contribution in [0.15, 0.2) is 51.4 Å². The van der Waals surface area contributed by atoms with E-state index in [2.05, 4.69) is 36.6 Å². The summed E-state index contributed by atoms with van der Waals surface area (Å²) < 4.78 is 12.3. The fourth-order valence-electron chi connectivity index (χ4n) is 1.81. The van der Waals surface area contributed by atoms with Crippen LogP contribution in [0, 0.1) is 0 Å². The summed E-state index contributed by atoms with van der Waals surface area (Å²) in [5.41, 5.74) is 2.60. The second-order valence-corrected chi connectivity index (χ2v) is 6.19. The van der Waals surface area contributed by atoms with Crippen molar-refractivity contribution < 1.29 is 14.3 Å². The third-order valence-corrected chi connectivity index (χ3v) is 4.12. The Morgan fingerprint density at radius 1 is 1.10 bits per heavy atom. The molecule has 21 heavy (non-hydrogen) atoms. The van der Waals surface area contributed by atoms with E-state index in [9.17, 15) is 4.79 Å². The molecule has 0 heterocycles. The minimum absolute atomic E-state index is 0.350. The van der Waals surface area contributed by atoms with Gasteiger partial charge in [0.15, 0.2) is 0 Å². The lowest BCUT2D eigenvalue weighted by Gasteiger charge is -2.08. The van der Waals surface area contributed by atoms with Crippen molar-refractivity contribution in [1.29, 1.82) is 0 Å². The van der Waals surface area contributed by atoms with Gasteiger partial charge in [0.25, 0.3) is 0 Å². The van der Waals surface area contributed by atoms with Crippen molar-refractivity contribution in [3.05, 3.63) is 68.1 Å². The van der Waals surface area contributed by atoms with Crippen molar-refractivity contribution in [1.82, 2.24) is 0 Å². The summed E-state index contributed by atoms with van der Waals surface area (Å²) in [6.45, 7) is 0.999. The number of ether oxygens (including phenoxy) is 2. The van der Waals surface area contributed by atoms with Crippen molar-refractivity contribution in [3.63, 3.8) is 0 Å². The predicted octanol–water partition coefficient (Wildman–Crippen LogP) is 4.72. The summed E-state index contributed by atoms with van der Waals surface area (Å²) in [5.74, 6) is -0.350. The molecule has 2 aromatic rings. The van der Waals surface area contributed by atoms with E-state index in [4.69, 9.17) is 4.74 Å². The first-order valence-electron chi connectivity index (χ1n) is 6.29. The Labute approximate surface area is 140 Å². The lowest BCUT2D eigenvalue weighted by Crippen LogP contribution is -2.02. The first-order valence-corrected chi connectivity index (χ1v) is 7.87. The largest absolute Gasteiger partial charge is 0.465 e. The number of benzene rings is 2. The van der Waals surface area contributed by atoms with E-state index in [-0.39, 0.29) is 5.97 Å². The number of rotatable bonds is 5. The molecule has 0 radical (unpaired) electrons. The second kappa shape index (κ2) is 7.73. The molecule has 0 aliphatic rings. The summed E-state index contributed by atoms with van der Waals surface area (Å²) in [4.78, 5) is 11.4. The Kier molecular flexibility index (Phi) is 5.96.